The number of anilines is 2. The molecule has 0 bridgehead atoms. The zero-order valence-electron chi connectivity index (χ0n) is 26.7. The number of allylic oxidation sites excluding steroid dienone is 4. The van der Waals surface area contributed by atoms with Gasteiger partial charge in [-0.15, -0.1) is 0 Å². The van der Waals surface area contributed by atoms with E-state index in [0.29, 0.717) is 50.5 Å². The van der Waals surface area contributed by atoms with Gasteiger partial charge in [-0.05, 0) is 93.4 Å². The molecule has 2 aromatic carbocycles. The zero-order valence-corrected chi connectivity index (χ0v) is 26.7. The highest BCUT2D eigenvalue weighted by Crippen LogP contribution is 2.32. The van der Waals surface area contributed by atoms with E-state index in [-0.39, 0.29) is 35.5 Å². The van der Waals surface area contributed by atoms with E-state index in [0.717, 1.165) is 46.5 Å². The van der Waals surface area contributed by atoms with Crippen LogP contribution in [0.15, 0.2) is 78.9 Å². The van der Waals surface area contributed by atoms with Crippen molar-refractivity contribution in [2.75, 3.05) is 49.5 Å². The first-order valence-electron chi connectivity index (χ1n) is 16.3. The van der Waals surface area contributed by atoms with Gasteiger partial charge >= 0.3 is 0 Å². The molecule has 7 rings (SSSR count). The highest BCUT2D eigenvalue weighted by Gasteiger charge is 2.33. The Morgan fingerprint density at radius 2 is 1.85 bits per heavy atom. The summed E-state index contributed by atoms with van der Waals surface area (Å²) < 4.78 is 13.5. The van der Waals surface area contributed by atoms with Crippen LogP contribution in [0.2, 0.25) is 0 Å². The van der Waals surface area contributed by atoms with Gasteiger partial charge in [0.1, 0.15) is 5.83 Å². The average molecular weight is 635 g/mol. The smallest absolute Gasteiger partial charge is 0.237 e. The molecule has 242 valence electrons. The van der Waals surface area contributed by atoms with Crippen LogP contribution in [0.5, 0.6) is 0 Å². The molecule has 11 heteroatoms. The Hall–Kier alpha value is -4.90. The third-order valence-electron chi connectivity index (χ3n) is 9.50. The predicted octanol–water partition coefficient (Wildman–Crippen LogP) is 5.22. The minimum Gasteiger partial charge on any atom is -0.368 e. The fourth-order valence-electron chi connectivity index (χ4n) is 6.84. The van der Waals surface area contributed by atoms with Gasteiger partial charge in [0.2, 0.25) is 11.8 Å². The number of aryl methyl sites for hydroxylation is 1. The van der Waals surface area contributed by atoms with Crippen molar-refractivity contribution in [3.05, 3.63) is 90.2 Å². The number of H-pyrrole nitrogens is 1. The highest BCUT2D eigenvalue weighted by atomic mass is 19.1. The minimum atomic E-state index is -0.227. The number of hydrogen-bond acceptors (Lipinski definition) is 7. The third kappa shape index (κ3) is 6.66. The van der Waals surface area contributed by atoms with Gasteiger partial charge in [-0.25, -0.2) is 14.4 Å². The van der Waals surface area contributed by atoms with Crippen LogP contribution in [0.1, 0.15) is 36.9 Å². The van der Waals surface area contributed by atoms with Gasteiger partial charge < -0.3 is 15.1 Å². The Kier molecular flexibility index (Phi) is 8.55. The first-order valence-corrected chi connectivity index (χ1v) is 16.3. The van der Waals surface area contributed by atoms with Crippen molar-refractivity contribution in [3.8, 4) is 11.4 Å². The topological polar surface area (TPSA) is 110 Å². The van der Waals surface area contributed by atoms with Gasteiger partial charge in [0.25, 0.3) is 0 Å². The van der Waals surface area contributed by atoms with Crippen LogP contribution >= 0.6 is 0 Å². The summed E-state index contributed by atoms with van der Waals surface area (Å²) in [6, 6.07) is 14.0. The number of piperazine rings is 1. The van der Waals surface area contributed by atoms with Gasteiger partial charge in [0.15, 0.2) is 5.82 Å². The Labute approximate surface area is 273 Å². The molecular formula is C36H39FN8O2. The first-order chi connectivity index (χ1) is 22.8. The second-order valence-corrected chi connectivity index (χ2v) is 12.9. The van der Waals surface area contributed by atoms with E-state index in [1.54, 1.807) is 6.08 Å². The number of fused-ring (bicyclic) bond motifs is 1. The SMILES string of the molecule is Cc1cnc(-c2ccc(N3CCN(C(=O)CN4CC[C@@H](C(=O)Nc5ccc6n[nH]c(C7C=CC(F)=CC7)c6c5)C4)[C@H](C)C3)cc2)nc1. The molecule has 2 aromatic heterocycles. The molecule has 47 heavy (non-hydrogen) atoms. The van der Waals surface area contributed by atoms with Gasteiger partial charge in [-0.3, -0.25) is 19.6 Å². The van der Waals surface area contributed by atoms with Crippen molar-refractivity contribution in [1.82, 2.24) is 30.0 Å². The maximum Gasteiger partial charge on any atom is 0.237 e. The molecule has 4 aromatic rings. The van der Waals surface area contributed by atoms with Crippen molar-refractivity contribution in [2.45, 2.75) is 38.6 Å². The molecule has 3 aliphatic rings. The highest BCUT2D eigenvalue weighted by molar-refractivity contribution is 5.96. The second kappa shape index (κ2) is 13.1. The number of nitrogens with zero attached hydrogens (tertiary/aromatic N) is 6. The van der Waals surface area contributed by atoms with E-state index < -0.39 is 0 Å². The number of benzene rings is 2. The maximum atomic E-state index is 13.5. The number of amides is 2. The van der Waals surface area contributed by atoms with Crippen LogP contribution in [-0.4, -0.2) is 87.1 Å². The molecule has 4 heterocycles. The molecule has 1 aliphatic carbocycles. The van der Waals surface area contributed by atoms with E-state index >= 15 is 0 Å². The van der Waals surface area contributed by atoms with Crippen molar-refractivity contribution in [1.29, 1.82) is 0 Å². The fraction of sp³-hybridized carbons (Fsp3) is 0.361. The van der Waals surface area contributed by atoms with Gasteiger partial charge in [-0.2, -0.15) is 5.10 Å². The summed E-state index contributed by atoms with van der Waals surface area (Å²) in [7, 11) is 0. The quantitative estimate of drug-likeness (QED) is 0.287. The second-order valence-electron chi connectivity index (χ2n) is 12.9. The number of nitrogens with one attached hydrogen (secondary N) is 2. The Bertz CT molecular complexity index is 1830. The van der Waals surface area contributed by atoms with Crippen LogP contribution in [0, 0.1) is 12.8 Å². The monoisotopic (exact) mass is 634 g/mol. The van der Waals surface area contributed by atoms with Crippen LogP contribution in [0.4, 0.5) is 15.8 Å². The molecule has 2 saturated heterocycles. The van der Waals surface area contributed by atoms with Crippen LogP contribution < -0.4 is 10.2 Å². The van der Waals surface area contributed by atoms with E-state index in [1.807, 2.05) is 60.6 Å². The average Bonchev–Trinajstić information content (AvgIpc) is 3.73. The van der Waals surface area contributed by atoms with E-state index in [1.165, 1.54) is 6.08 Å². The Morgan fingerprint density at radius 3 is 2.60 bits per heavy atom. The summed E-state index contributed by atoms with van der Waals surface area (Å²) in [6.45, 7) is 7.81. The van der Waals surface area contributed by atoms with Gasteiger partial charge in [-0.1, -0.05) is 6.08 Å². The minimum absolute atomic E-state index is 0.00330. The summed E-state index contributed by atoms with van der Waals surface area (Å²) in [6.07, 6.45) is 9.80. The summed E-state index contributed by atoms with van der Waals surface area (Å²) in [5.74, 6) is 0.351. The van der Waals surface area contributed by atoms with Crippen molar-refractivity contribution < 1.29 is 14.0 Å². The van der Waals surface area contributed by atoms with Crippen LogP contribution in [-0.2, 0) is 9.59 Å². The normalized spacial score (nSPS) is 21.7. The molecule has 2 aliphatic heterocycles. The number of aromatic amines is 1. The number of rotatable bonds is 7. The molecule has 3 atom stereocenters. The summed E-state index contributed by atoms with van der Waals surface area (Å²) in [5.41, 5.74) is 5.53. The van der Waals surface area contributed by atoms with Crippen LogP contribution in [0.25, 0.3) is 22.3 Å². The van der Waals surface area contributed by atoms with E-state index in [4.69, 9.17) is 0 Å². The molecule has 0 saturated carbocycles. The lowest BCUT2D eigenvalue weighted by molar-refractivity contribution is -0.134. The molecule has 2 fully saturated rings. The van der Waals surface area contributed by atoms with Crippen molar-refractivity contribution in [2.24, 2.45) is 5.92 Å². The fourth-order valence-corrected chi connectivity index (χ4v) is 6.84. The molecule has 0 spiro atoms. The maximum absolute atomic E-state index is 13.5. The number of carbonyl (C=O) groups is 2. The number of aromatic nitrogens is 4. The molecule has 2 amide bonds. The summed E-state index contributed by atoms with van der Waals surface area (Å²) in [4.78, 5) is 41.9. The lowest BCUT2D eigenvalue weighted by atomic mass is 9.94. The molecule has 10 nitrogen and oxygen atoms in total. The number of halogens is 1. The molecule has 0 radical (unpaired) electrons. The Morgan fingerprint density at radius 1 is 1.04 bits per heavy atom. The predicted molar refractivity (Wildman–Crippen MR) is 181 cm³/mol. The van der Waals surface area contributed by atoms with E-state index in [2.05, 4.69) is 54.3 Å². The molecular weight excluding hydrogens is 595 g/mol. The standard InChI is InChI=1S/C36H39FN8O2/c1-23-18-38-35(39-19-23)26-5-10-30(11-6-26)44-15-16-45(24(2)20-44)33(46)22-43-14-13-27(21-43)36(47)40-29-9-12-32-31(17-29)34(42-41-32)25-3-7-28(37)8-4-25/h3,5-12,17-19,24-25,27H,4,13-16,20-22H2,1-2H3,(H,40,47)(H,41,42)/t24-,25?,27-/m1/s1. The number of likely N-dealkylation sites (tertiary alicyclic amines) is 1. The van der Waals surface area contributed by atoms with Crippen LogP contribution in [0.3, 0.4) is 0 Å². The number of hydrogen-bond donors (Lipinski definition) is 2. The van der Waals surface area contributed by atoms with Gasteiger partial charge in [0, 0.05) is 72.9 Å². The third-order valence-corrected chi connectivity index (χ3v) is 9.50. The summed E-state index contributed by atoms with van der Waals surface area (Å²) >= 11 is 0. The zero-order chi connectivity index (χ0) is 32.5. The molecule has 1 unspecified atom stereocenters. The summed E-state index contributed by atoms with van der Waals surface area (Å²) in [5, 5.41) is 11.5. The number of carbonyl (C=O) groups excluding carboxylic acids is 2. The largest absolute Gasteiger partial charge is 0.368 e. The lowest BCUT2D eigenvalue weighted by Gasteiger charge is -2.41. The van der Waals surface area contributed by atoms with E-state index in [9.17, 15) is 14.0 Å². The van der Waals surface area contributed by atoms with Crippen molar-refractivity contribution >= 4 is 34.1 Å². The molecule has 2 N–H and O–H groups in total. The van der Waals surface area contributed by atoms with Crippen molar-refractivity contribution in [3.63, 3.8) is 0 Å². The Balaban J connectivity index is 0.905. The van der Waals surface area contributed by atoms with Gasteiger partial charge in [0.05, 0.1) is 23.7 Å². The first kappa shape index (κ1) is 30.7. The lowest BCUT2D eigenvalue weighted by Crippen LogP contribution is -2.56.